The van der Waals surface area contributed by atoms with Gasteiger partial charge in [-0.1, -0.05) is 23.7 Å². The van der Waals surface area contributed by atoms with E-state index < -0.39 is 6.10 Å². The van der Waals surface area contributed by atoms with Crippen molar-refractivity contribution in [3.8, 4) is 11.5 Å². The number of amides is 1. The maximum atomic E-state index is 12.3. The molecule has 1 saturated heterocycles. The van der Waals surface area contributed by atoms with Crippen molar-refractivity contribution in [1.82, 2.24) is 5.32 Å². The predicted octanol–water partition coefficient (Wildman–Crippen LogP) is 4.74. The van der Waals surface area contributed by atoms with E-state index in [4.69, 9.17) is 25.8 Å². The summed E-state index contributed by atoms with van der Waals surface area (Å²) in [6, 6.07) is 12.9. The van der Waals surface area contributed by atoms with Crippen molar-refractivity contribution in [2.75, 3.05) is 13.2 Å². The third-order valence-corrected chi connectivity index (χ3v) is 5.27. The van der Waals surface area contributed by atoms with Crippen molar-refractivity contribution < 1.29 is 19.0 Å². The summed E-state index contributed by atoms with van der Waals surface area (Å²) in [6.45, 7) is 3.52. The minimum absolute atomic E-state index is 0.194. The van der Waals surface area contributed by atoms with E-state index in [0.717, 1.165) is 30.8 Å². The highest BCUT2D eigenvalue weighted by Crippen LogP contribution is 2.28. The number of benzene rings is 2. The van der Waals surface area contributed by atoms with Gasteiger partial charge < -0.3 is 19.5 Å². The first kappa shape index (κ1) is 21.0. The molecule has 1 aliphatic rings. The number of hydrogen-bond acceptors (Lipinski definition) is 4. The Kier molecular flexibility index (Phi) is 7.59. The van der Waals surface area contributed by atoms with Crippen LogP contribution >= 0.6 is 27.5 Å². The number of ether oxygens (including phenoxy) is 3. The van der Waals surface area contributed by atoms with Crippen LogP contribution in [0.3, 0.4) is 0 Å². The Labute approximate surface area is 178 Å². The van der Waals surface area contributed by atoms with Crippen molar-refractivity contribution in [1.29, 1.82) is 0 Å². The van der Waals surface area contributed by atoms with Gasteiger partial charge in [0.05, 0.1) is 10.6 Å². The zero-order chi connectivity index (χ0) is 19.9. The topological polar surface area (TPSA) is 56.8 Å². The number of carbonyl (C=O) groups is 1. The van der Waals surface area contributed by atoms with E-state index in [1.54, 1.807) is 25.1 Å². The Morgan fingerprint density at radius 3 is 2.79 bits per heavy atom. The molecular weight excluding hydrogens is 446 g/mol. The van der Waals surface area contributed by atoms with Crippen LogP contribution in [0.1, 0.15) is 25.3 Å². The smallest absolute Gasteiger partial charge is 0.261 e. The fourth-order valence-corrected chi connectivity index (χ4v) is 3.59. The van der Waals surface area contributed by atoms with Crippen LogP contribution in [0, 0.1) is 0 Å². The third kappa shape index (κ3) is 6.12. The fraction of sp³-hybridized carbons (Fsp3) is 0.381. The van der Waals surface area contributed by atoms with Crippen molar-refractivity contribution in [3.63, 3.8) is 0 Å². The van der Waals surface area contributed by atoms with Crippen molar-refractivity contribution in [3.05, 3.63) is 57.5 Å². The lowest BCUT2D eigenvalue weighted by molar-refractivity contribution is -0.127. The lowest BCUT2D eigenvalue weighted by Crippen LogP contribution is -2.35. The molecule has 1 amide bonds. The SMILES string of the molecule is CC(Oc1ccc(Cl)cc1Br)C(=O)NCc1ccc(OCC2CCCO2)cc1. The second-order valence-electron chi connectivity index (χ2n) is 6.64. The molecule has 2 aromatic carbocycles. The van der Waals surface area contributed by atoms with Crippen LogP contribution in [0.2, 0.25) is 5.02 Å². The highest BCUT2D eigenvalue weighted by molar-refractivity contribution is 9.10. The second kappa shape index (κ2) is 10.1. The van der Waals surface area contributed by atoms with Crippen LogP contribution in [0.4, 0.5) is 0 Å². The largest absolute Gasteiger partial charge is 0.491 e. The molecule has 0 aliphatic carbocycles. The van der Waals surface area contributed by atoms with Gasteiger partial charge in [-0.2, -0.15) is 0 Å². The van der Waals surface area contributed by atoms with E-state index >= 15 is 0 Å². The molecule has 3 rings (SSSR count). The van der Waals surface area contributed by atoms with Crippen molar-refractivity contribution >= 4 is 33.4 Å². The summed E-state index contributed by atoms with van der Waals surface area (Å²) in [5.41, 5.74) is 0.984. The van der Waals surface area contributed by atoms with Crippen LogP contribution in [-0.4, -0.2) is 31.3 Å². The fourth-order valence-electron chi connectivity index (χ4n) is 2.82. The van der Waals surface area contributed by atoms with E-state index in [0.29, 0.717) is 28.4 Å². The molecule has 28 heavy (non-hydrogen) atoms. The van der Waals surface area contributed by atoms with Gasteiger partial charge in [-0.05, 0) is 71.6 Å². The molecule has 0 aromatic heterocycles. The quantitative estimate of drug-likeness (QED) is 0.608. The van der Waals surface area contributed by atoms with Gasteiger partial charge in [0.2, 0.25) is 0 Å². The minimum Gasteiger partial charge on any atom is -0.491 e. The van der Waals surface area contributed by atoms with Gasteiger partial charge in [-0.3, -0.25) is 4.79 Å². The molecule has 2 atom stereocenters. The Bertz CT molecular complexity index is 793. The van der Waals surface area contributed by atoms with E-state index in [1.807, 2.05) is 24.3 Å². The lowest BCUT2D eigenvalue weighted by atomic mass is 10.2. The van der Waals surface area contributed by atoms with E-state index in [9.17, 15) is 4.79 Å². The maximum Gasteiger partial charge on any atom is 0.261 e. The molecule has 0 spiro atoms. The Balaban J connectivity index is 1.44. The Morgan fingerprint density at radius 1 is 1.32 bits per heavy atom. The summed E-state index contributed by atoms with van der Waals surface area (Å²) in [6.07, 6.45) is 1.72. The molecular formula is C21H23BrClNO4. The van der Waals surface area contributed by atoms with Gasteiger partial charge in [0.15, 0.2) is 6.10 Å². The normalized spacial score (nSPS) is 17.2. The summed E-state index contributed by atoms with van der Waals surface area (Å²) in [5, 5.41) is 3.48. The molecule has 0 bridgehead atoms. The second-order valence-corrected chi connectivity index (χ2v) is 7.93. The molecule has 2 unspecified atom stereocenters. The van der Waals surface area contributed by atoms with Crippen LogP contribution < -0.4 is 14.8 Å². The standard InChI is InChI=1S/C21H23BrClNO4/c1-14(28-20-9-6-16(23)11-19(20)22)21(25)24-12-15-4-7-17(8-5-15)27-13-18-3-2-10-26-18/h4-9,11,14,18H,2-3,10,12-13H2,1H3,(H,24,25). The van der Waals surface area contributed by atoms with Crippen molar-refractivity contribution in [2.45, 2.75) is 38.5 Å². The van der Waals surface area contributed by atoms with E-state index in [2.05, 4.69) is 21.2 Å². The summed E-state index contributed by atoms with van der Waals surface area (Å²) in [5.74, 6) is 1.18. The van der Waals surface area contributed by atoms with Gasteiger partial charge in [0.25, 0.3) is 5.91 Å². The van der Waals surface area contributed by atoms with Gasteiger partial charge in [-0.15, -0.1) is 0 Å². The molecule has 0 saturated carbocycles. The van der Waals surface area contributed by atoms with Crippen LogP contribution in [0.25, 0.3) is 0 Å². The van der Waals surface area contributed by atoms with Gasteiger partial charge in [0.1, 0.15) is 18.1 Å². The first-order chi connectivity index (χ1) is 13.5. The highest BCUT2D eigenvalue weighted by Gasteiger charge is 2.17. The highest BCUT2D eigenvalue weighted by atomic mass is 79.9. The minimum atomic E-state index is -0.633. The zero-order valence-electron chi connectivity index (χ0n) is 15.6. The Morgan fingerprint density at radius 2 is 2.11 bits per heavy atom. The first-order valence-electron chi connectivity index (χ1n) is 9.24. The van der Waals surface area contributed by atoms with Crippen LogP contribution in [0.15, 0.2) is 46.9 Å². The molecule has 5 nitrogen and oxygen atoms in total. The van der Waals surface area contributed by atoms with Gasteiger partial charge in [0, 0.05) is 18.2 Å². The average Bonchev–Trinajstić information content (AvgIpc) is 3.21. The third-order valence-electron chi connectivity index (χ3n) is 4.42. The van der Waals surface area contributed by atoms with E-state index in [1.165, 1.54) is 0 Å². The molecule has 2 aromatic rings. The molecule has 1 fully saturated rings. The molecule has 1 heterocycles. The van der Waals surface area contributed by atoms with Gasteiger partial charge in [-0.25, -0.2) is 0 Å². The summed E-state index contributed by atoms with van der Waals surface area (Å²) >= 11 is 9.30. The van der Waals surface area contributed by atoms with Crippen LogP contribution in [0.5, 0.6) is 11.5 Å². The average molecular weight is 469 g/mol. The lowest BCUT2D eigenvalue weighted by Gasteiger charge is -2.16. The molecule has 1 aliphatic heterocycles. The van der Waals surface area contributed by atoms with Gasteiger partial charge >= 0.3 is 0 Å². The molecule has 0 radical (unpaired) electrons. The summed E-state index contributed by atoms with van der Waals surface area (Å²) in [7, 11) is 0. The summed E-state index contributed by atoms with van der Waals surface area (Å²) in [4.78, 5) is 12.3. The maximum absolute atomic E-state index is 12.3. The predicted molar refractivity (Wildman–Crippen MR) is 112 cm³/mol. The van der Waals surface area contributed by atoms with Crippen molar-refractivity contribution in [2.24, 2.45) is 0 Å². The number of rotatable bonds is 8. The van der Waals surface area contributed by atoms with Crippen LogP contribution in [-0.2, 0) is 16.1 Å². The molecule has 1 N–H and O–H groups in total. The summed E-state index contributed by atoms with van der Waals surface area (Å²) < 4.78 is 17.7. The Hall–Kier alpha value is -1.76. The molecule has 7 heteroatoms. The number of carbonyl (C=O) groups excluding carboxylic acids is 1. The molecule has 150 valence electrons. The van der Waals surface area contributed by atoms with E-state index in [-0.39, 0.29) is 12.0 Å². The monoisotopic (exact) mass is 467 g/mol. The number of hydrogen-bond donors (Lipinski definition) is 1. The number of nitrogens with one attached hydrogen (secondary N) is 1. The number of halogens is 2. The first-order valence-corrected chi connectivity index (χ1v) is 10.4. The zero-order valence-corrected chi connectivity index (χ0v) is 18.0.